The van der Waals surface area contributed by atoms with Gasteiger partial charge in [-0.1, -0.05) is 6.07 Å². The van der Waals surface area contributed by atoms with Crippen LogP contribution >= 0.6 is 0 Å². The molecular formula is C14H20N2O5. The van der Waals surface area contributed by atoms with E-state index in [0.29, 0.717) is 13.2 Å². The molecule has 0 amide bonds. The van der Waals surface area contributed by atoms with Gasteiger partial charge in [-0.3, -0.25) is 10.1 Å². The van der Waals surface area contributed by atoms with Gasteiger partial charge in [0.25, 0.3) is 5.69 Å². The summed E-state index contributed by atoms with van der Waals surface area (Å²) in [6.45, 7) is 4.96. The van der Waals surface area contributed by atoms with Gasteiger partial charge in [-0.25, -0.2) is 4.79 Å². The minimum absolute atomic E-state index is 0.0553. The van der Waals surface area contributed by atoms with E-state index in [4.69, 9.17) is 9.84 Å². The van der Waals surface area contributed by atoms with Crippen molar-refractivity contribution in [3.63, 3.8) is 0 Å². The number of hydrogen-bond donors (Lipinski definition) is 2. The van der Waals surface area contributed by atoms with E-state index in [1.807, 2.05) is 13.8 Å². The Morgan fingerprint density at radius 3 is 2.71 bits per heavy atom. The van der Waals surface area contributed by atoms with Crippen molar-refractivity contribution in [2.24, 2.45) is 0 Å². The Morgan fingerprint density at radius 2 is 2.14 bits per heavy atom. The van der Waals surface area contributed by atoms with Gasteiger partial charge in [0.05, 0.1) is 16.6 Å². The van der Waals surface area contributed by atoms with E-state index in [2.05, 4.69) is 5.32 Å². The van der Waals surface area contributed by atoms with Crippen molar-refractivity contribution in [1.29, 1.82) is 0 Å². The number of hydrogen-bond acceptors (Lipinski definition) is 5. The largest absolute Gasteiger partial charge is 0.478 e. The molecule has 1 rings (SSSR count). The molecule has 0 saturated carbocycles. The highest BCUT2D eigenvalue weighted by molar-refractivity contribution is 5.96. The van der Waals surface area contributed by atoms with Crippen molar-refractivity contribution in [1.82, 2.24) is 0 Å². The zero-order valence-electron chi connectivity index (χ0n) is 12.2. The van der Waals surface area contributed by atoms with Crippen LogP contribution in [0, 0.1) is 10.1 Å². The predicted octanol–water partition coefficient (Wildman–Crippen LogP) is 2.91. The molecule has 0 atom stereocenters. The van der Waals surface area contributed by atoms with Crippen LogP contribution < -0.4 is 5.32 Å². The normalized spacial score (nSPS) is 10.6. The molecule has 7 heteroatoms. The number of aromatic carboxylic acids is 1. The maximum absolute atomic E-state index is 11.1. The third-order valence-corrected chi connectivity index (χ3v) is 2.79. The zero-order chi connectivity index (χ0) is 15.8. The smallest absolute Gasteiger partial charge is 0.338 e. The van der Waals surface area contributed by atoms with Gasteiger partial charge < -0.3 is 15.2 Å². The number of anilines is 1. The number of nitrogens with one attached hydrogen (secondary N) is 1. The molecule has 1 aromatic rings. The Morgan fingerprint density at radius 1 is 1.43 bits per heavy atom. The van der Waals surface area contributed by atoms with Gasteiger partial charge in [0, 0.05) is 19.2 Å². The van der Waals surface area contributed by atoms with Crippen molar-refractivity contribution in [3.05, 3.63) is 33.9 Å². The molecule has 2 N–H and O–H groups in total. The monoisotopic (exact) mass is 296 g/mol. The summed E-state index contributed by atoms with van der Waals surface area (Å²) in [7, 11) is 0. The average Bonchev–Trinajstić information content (AvgIpc) is 2.41. The number of nitrogens with zero attached hydrogens (tertiary/aromatic N) is 1. The number of benzene rings is 1. The second kappa shape index (κ2) is 8.21. The Bertz CT molecular complexity index is 470. The first-order valence-corrected chi connectivity index (χ1v) is 6.79. The van der Waals surface area contributed by atoms with Crippen LogP contribution in [0.25, 0.3) is 0 Å². The number of nitro groups is 1. The highest BCUT2D eigenvalue weighted by Crippen LogP contribution is 2.28. The minimum Gasteiger partial charge on any atom is -0.478 e. The second-order valence-corrected chi connectivity index (χ2v) is 4.82. The van der Waals surface area contributed by atoms with Crippen LogP contribution in [-0.4, -0.2) is 35.3 Å². The number of carboxylic acids is 1. The van der Waals surface area contributed by atoms with Gasteiger partial charge in [-0.15, -0.1) is 0 Å². The summed E-state index contributed by atoms with van der Waals surface area (Å²) >= 11 is 0. The van der Waals surface area contributed by atoms with Crippen molar-refractivity contribution in [2.75, 3.05) is 18.5 Å². The minimum atomic E-state index is -1.19. The molecule has 0 aliphatic carbocycles. The van der Waals surface area contributed by atoms with E-state index in [1.165, 1.54) is 18.2 Å². The Labute approximate surface area is 123 Å². The number of rotatable bonds is 9. The molecule has 21 heavy (non-hydrogen) atoms. The molecule has 0 radical (unpaired) electrons. The quantitative estimate of drug-likeness (QED) is 0.412. The van der Waals surface area contributed by atoms with E-state index in [9.17, 15) is 14.9 Å². The SMILES string of the molecule is CC(C)OCCCCNc1c(C(=O)O)cccc1[N+](=O)[O-]. The second-order valence-electron chi connectivity index (χ2n) is 4.82. The fraction of sp³-hybridized carbons (Fsp3) is 0.500. The predicted molar refractivity (Wildman–Crippen MR) is 78.9 cm³/mol. The lowest BCUT2D eigenvalue weighted by molar-refractivity contribution is -0.384. The van der Waals surface area contributed by atoms with E-state index < -0.39 is 10.9 Å². The summed E-state index contributed by atoms with van der Waals surface area (Å²) in [5, 5.41) is 22.9. The molecule has 116 valence electrons. The molecule has 0 aromatic heterocycles. The molecule has 7 nitrogen and oxygen atoms in total. The molecule has 0 saturated heterocycles. The number of carboxylic acid groups (broad SMARTS) is 1. The number of unbranched alkanes of at least 4 members (excludes halogenated alkanes) is 1. The van der Waals surface area contributed by atoms with Crippen LogP contribution in [0.3, 0.4) is 0 Å². The van der Waals surface area contributed by atoms with Gasteiger partial charge in [-0.05, 0) is 32.8 Å². The maximum atomic E-state index is 11.1. The lowest BCUT2D eigenvalue weighted by Gasteiger charge is -2.10. The number of nitro benzene ring substituents is 1. The first-order chi connectivity index (χ1) is 9.93. The van der Waals surface area contributed by atoms with Crippen LogP contribution in [-0.2, 0) is 4.74 Å². The van der Waals surface area contributed by atoms with Crippen molar-refractivity contribution < 1.29 is 19.6 Å². The maximum Gasteiger partial charge on any atom is 0.338 e. The fourth-order valence-corrected chi connectivity index (χ4v) is 1.82. The summed E-state index contributed by atoms with van der Waals surface area (Å²) in [5.41, 5.74) is -0.268. The zero-order valence-corrected chi connectivity index (χ0v) is 12.2. The van der Waals surface area contributed by atoms with Crippen LogP contribution in [0.4, 0.5) is 11.4 Å². The lowest BCUT2D eigenvalue weighted by atomic mass is 10.1. The van der Waals surface area contributed by atoms with E-state index in [1.54, 1.807) is 0 Å². The molecule has 0 bridgehead atoms. The summed E-state index contributed by atoms with van der Waals surface area (Å²) in [5.74, 6) is -1.19. The number of para-hydroxylation sites is 1. The summed E-state index contributed by atoms with van der Waals surface area (Å²) in [6.07, 6.45) is 1.71. The van der Waals surface area contributed by atoms with Crippen molar-refractivity contribution in [2.45, 2.75) is 32.8 Å². The van der Waals surface area contributed by atoms with Crippen LogP contribution in [0.1, 0.15) is 37.0 Å². The lowest BCUT2D eigenvalue weighted by Crippen LogP contribution is -2.11. The molecule has 0 aliphatic rings. The summed E-state index contributed by atoms with van der Waals surface area (Å²) < 4.78 is 5.39. The van der Waals surface area contributed by atoms with E-state index >= 15 is 0 Å². The standard InChI is InChI=1S/C14H20N2O5/c1-10(2)21-9-4-3-8-15-13-11(14(17)18)6-5-7-12(13)16(19)20/h5-7,10,15H,3-4,8-9H2,1-2H3,(H,17,18). The van der Waals surface area contributed by atoms with Crippen LogP contribution in [0.5, 0.6) is 0 Å². The summed E-state index contributed by atoms with van der Waals surface area (Å²) in [6, 6.07) is 4.00. The van der Waals surface area contributed by atoms with Gasteiger partial charge in [0.15, 0.2) is 0 Å². The molecule has 0 fully saturated rings. The van der Waals surface area contributed by atoms with Gasteiger partial charge in [0.2, 0.25) is 0 Å². The molecule has 0 spiro atoms. The topological polar surface area (TPSA) is 102 Å². The highest BCUT2D eigenvalue weighted by Gasteiger charge is 2.20. The Hall–Kier alpha value is -2.15. The number of ether oxygens (including phenoxy) is 1. The van der Waals surface area contributed by atoms with E-state index in [0.717, 1.165) is 12.8 Å². The Balaban J connectivity index is 2.64. The van der Waals surface area contributed by atoms with Gasteiger partial charge in [-0.2, -0.15) is 0 Å². The van der Waals surface area contributed by atoms with Crippen molar-refractivity contribution in [3.8, 4) is 0 Å². The molecular weight excluding hydrogens is 276 g/mol. The fourth-order valence-electron chi connectivity index (χ4n) is 1.82. The molecule has 0 heterocycles. The van der Waals surface area contributed by atoms with Gasteiger partial charge >= 0.3 is 5.97 Å². The van der Waals surface area contributed by atoms with Crippen LogP contribution in [0.2, 0.25) is 0 Å². The van der Waals surface area contributed by atoms with Crippen molar-refractivity contribution >= 4 is 17.3 Å². The molecule has 0 aliphatic heterocycles. The van der Waals surface area contributed by atoms with Crippen LogP contribution in [0.15, 0.2) is 18.2 Å². The molecule has 0 unspecified atom stereocenters. The average molecular weight is 296 g/mol. The Kier molecular flexibility index (Phi) is 6.61. The first kappa shape index (κ1) is 16.9. The number of carbonyl (C=O) groups is 1. The summed E-state index contributed by atoms with van der Waals surface area (Å²) in [4.78, 5) is 21.5. The third kappa shape index (κ3) is 5.39. The van der Waals surface area contributed by atoms with Gasteiger partial charge in [0.1, 0.15) is 5.69 Å². The highest BCUT2D eigenvalue weighted by atomic mass is 16.6. The van der Waals surface area contributed by atoms with E-state index in [-0.39, 0.29) is 23.0 Å². The first-order valence-electron chi connectivity index (χ1n) is 6.79. The third-order valence-electron chi connectivity index (χ3n) is 2.79. The molecule has 1 aromatic carbocycles.